The number of rotatable bonds is 34. The van der Waals surface area contributed by atoms with E-state index in [-0.39, 0.29) is 12.2 Å². The van der Waals surface area contributed by atoms with Crippen LogP contribution in [0.1, 0.15) is 194 Å². The minimum atomic E-state index is 0.265. The Labute approximate surface area is 277 Å². The molecule has 0 aliphatic carbocycles. The Morgan fingerprint density at radius 2 is 0.682 bits per heavy atom. The van der Waals surface area contributed by atoms with Gasteiger partial charge in [0.1, 0.15) is 0 Å². The predicted octanol–water partition coefficient (Wildman–Crippen LogP) is 12.8. The first-order chi connectivity index (χ1) is 21.8. The monoisotopic (exact) mass is 618 g/mol. The van der Waals surface area contributed by atoms with E-state index >= 15 is 0 Å². The van der Waals surface area contributed by atoms with Gasteiger partial charge in [0.05, 0.1) is 12.2 Å². The highest BCUT2D eigenvalue weighted by Crippen LogP contribution is 2.18. The Morgan fingerprint density at radius 1 is 0.409 bits per heavy atom. The molecule has 3 heteroatoms. The zero-order chi connectivity index (χ0) is 31.6. The molecule has 260 valence electrons. The van der Waals surface area contributed by atoms with E-state index in [1.165, 1.54) is 180 Å². The van der Waals surface area contributed by atoms with E-state index in [0.29, 0.717) is 0 Å². The number of hydrogen-bond acceptors (Lipinski definition) is 3. The highest BCUT2D eigenvalue weighted by atomic mass is 16.5. The van der Waals surface area contributed by atoms with Crippen molar-refractivity contribution in [3.8, 4) is 0 Å². The van der Waals surface area contributed by atoms with Gasteiger partial charge in [-0.05, 0) is 71.3 Å². The maximum atomic E-state index is 6.31. The van der Waals surface area contributed by atoms with Crippen molar-refractivity contribution in [3.05, 3.63) is 24.3 Å². The lowest BCUT2D eigenvalue weighted by atomic mass is 10.1. The van der Waals surface area contributed by atoms with Crippen molar-refractivity contribution in [1.29, 1.82) is 0 Å². The molecule has 1 saturated heterocycles. The van der Waals surface area contributed by atoms with Crippen LogP contribution in [0, 0.1) is 0 Å². The Balaban J connectivity index is 1.86. The fraction of sp³-hybridized carbons (Fsp3) is 0.902. The van der Waals surface area contributed by atoms with Gasteiger partial charge in [0.2, 0.25) is 0 Å². The minimum absolute atomic E-state index is 0.265. The Morgan fingerprint density at radius 3 is 1.00 bits per heavy atom. The summed E-state index contributed by atoms with van der Waals surface area (Å²) in [7, 11) is 2.20. The Bertz CT molecular complexity index is 566. The van der Waals surface area contributed by atoms with Crippen molar-refractivity contribution in [1.82, 2.24) is 4.90 Å². The maximum Gasteiger partial charge on any atom is 0.0975 e. The van der Waals surface area contributed by atoms with Crippen molar-refractivity contribution < 1.29 is 9.47 Å². The highest BCUT2D eigenvalue weighted by Gasteiger charge is 2.32. The van der Waals surface area contributed by atoms with E-state index in [1.807, 2.05) is 0 Å². The van der Waals surface area contributed by atoms with Crippen molar-refractivity contribution in [2.24, 2.45) is 0 Å². The van der Waals surface area contributed by atoms with Crippen LogP contribution in [0.3, 0.4) is 0 Å². The molecule has 0 saturated carbocycles. The summed E-state index contributed by atoms with van der Waals surface area (Å²) in [6, 6.07) is 0. The van der Waals surface area contributed by atoms with Gasteiger partial charge in [-0.3, -0.25) is 0 Å². The third kappa shape index (κ3) is 27.7. The molecule has 2 atom stereocenters. The number of nitrogens with zero attached hydrogens (tertiary/aromatic N) is 1. The van der Waals surface area contributed by atoms with Crippen molar-refractivity contribution in [2.75, 3.05) is 33.4 Å². The van der Waals surface area contributed by atoms with E-state index < -0.39 is 0 Å². The summed E-state index contributed by atoms with van der Waals surface area (Å²) in [5, 5.41) is 0. The average molecular weight is 618 g/mol. The van der Waals surface area contributed by atoms with E-state index in [0.717, 1.165) is 26.3 Å². The van der Waals surface area contributed by atoms with E-state index in [2.05, 4.69) is 50.1 Å². The van der Waals surface area contributed by atoms with Crippen molar-refractivity contribution >= 4 is 0 Å². The van der Waals surface area contributed by atoms with Gasteiger partial charge in [0.15, 0.2) is 0 Å². The van der Waals surface area contributed by atoms with Gasteiger partial charge in [-0.2, -0.15) is 0 Å². The van der Waals surface area contributed by atoms with Gasteiger partial charge >= 0.3 is 0 Å². The molecular weight excluding hydrogens is 538 g/mol. The molecule has 1 unspecified atom stereocenters. The van der Waals surface area contributed by atoms with Gasteiger partial charge in [0.25, 0.3) is 0 Å². The zero-order valence-corrected chi connectivity index (χ0v) is 30.4. The molecule has 3 nitrogen and oxygen atoms in total. The summed E-state index contributed by atoms with van der Waals surface area (Å²) >= 11 is 0. The molecule has 0 bridgehead atoms. The first-order valence-corrected chi connectivity index (χ1v) is 20.0. The largest absolute Gasteiger partial charge is 0.374 e. The van der Waals surface area contributed by atoms with Crippen LogP contribution < -0.4 is 0 Å². The molecule has 0 N–H and O–H groups in total. The molecular formula is C41H79NO2. The van der Waals surface area contributed by atoms with Crippen LogP contribution in [0.2, 0.25) is 0 Å². The van der Waals surface area contributed by atoms with Gasteiger partial charge in [0, 0.05) is 26.3 Å². The standard InChI is InChI=1S/C41H79NO2/c1-4-6-8-10-12-14-16-18-20-22-24-26-28-30-32-34-36-43-40-38-42(3)39-41(40)44-37-35-33-31-29-27-25-23-21-19-17-15-13-11-9-7-5-2/h14-17,40-41H,4-13,18-39H2,1-3H3/b16-14-,17-15-/t40-,41?/m1/s1. The van der Waals surface area contributed by atoms with Crippen LogP contribution >= 0.6 is 0 Å². The summed E-state index contributed by atoms with van der Waals surface area (Å²) in [4.78, 5) is 2.38. The molecule has 1 fully saturated rings. The van der Waals surface area contributed by atoms with Gasteiger partial charge in [-0.1, -0.05) is 154 Å². The molecule has 44 heavy (non-hydrogen) atoms. The number of unbranched alkanes of at least 4 members (excludes halogenated alkanes) is 24. The molecule has 1 rings (SSSR count). The second-order valence-electron chi connectivity index (χ2n) is 13.9. The lowest BCUT2D eigenvalue weighted by molar-refractivity contribution is -0.0481. The summed E-state index contributed by atoms with van der Waals surface area (Å²) < 4.78 is 12.6. The van der Waals surface area contributed by atoms with Crippen LogP contribution in [-0.4, -0.2) is 50.5 Å². The smallest absolute Gasteiger partial charge is 0.0975 e. The second-order valence-corrected chi connectivity index (χ2v) is 13.9. The zero-order valence-electron chi connectivity index (χ0n) is 30.4. The van der Waals surface area contributed by atoms with Crippen LogP contribution in [0.25, 0.3) is 0 Å². The van der Waals surface area contributed by atoms with E-state index in [9.17, 15) is 0 Å². The van der Waals surface area contributed by atoms with Gasteiger partial charge in [-0.25, -0.2) is 0 Å². The van der Waals surface area contributed by atoms with Crippen molar-refractivity contribution in [3.63, 3.8) is 0 Å². The number of hydrogen-bond donors (Lipinski definition) is 0. The SMILES string of the molecule is CCCCCC/C=C\CCCCCCCCCCOC1CN(C)C[C@H]1OCCCCCCCCCC/C=C\CCCCCC. The number of ether oxygens (including phenoxy) is 2. The molecule has 1 aliphatic heterocycles. The number of likely N-dealkylation sites (tertiary alicyclic amines) is 1. The summed E-state index contributed by atoms with van der Waals surface area (Å²) in [5.41, 5.74) is 0. The lowest BCUT2D eigenvalue weighted by Crippen LogP contribution is -2.30. The van der Waals surface area contributed by atoms with Crippen LogP contribution in [0.15, 0.2) is 24.3 Å². The van der Waals surface area contributed by atoms with Crippen LogP contribution in [-0.2, 0) is 9.47 Å². The normalized spacial score (nSPS) is 17.6. The molecule has 0 amide bonds. The molecule has 0 aromatic rings. The van der Waals surface area contributed by atoms with E-state index in [1.54, 1.807) is 0 Å². The summed E-state index contributed by atoms with van der Waals surface area (Å²) in [6.07, 6.45) is 48.0. The topological polar surface area (TPSA) is 21.7 Å². The van der Waals surface area contributed by atoms with Crippen LogP contribution in [0.5, 0.6) is 0 Å². The fourth-order valence-corrected chi connectivity index (χ4v) is 6.41. The first kappa shape index (κ1) is 41.4. The third-order valence-electron chi connectivity index (χ3n) is 9.37. The average Bonchev–Trinajstić information content (AvgIpc) is 3.38. The van der Waals surface area contributed by atoms with E-state index in [4.69, 9.17) is 9.47 Å². The Kier molecular flexibility index (Phi) is 31.7. The molecule has 0 aromatic heterocycles. The minimum Gasteiger partial charge on any atom is -0.374 e. The predicted molar refractivity (Wildman–Crippen MR) is 196 cm³/mol. The number of likely N-dealkylation sites (N-methyl/N-ethyl adjacent to an activating group) is 1. The second kappa shape index (κ2) is 33.7. The summed E-state index contributed by atoms with van der Waals surface area (Å²) in [6.45, 7) is 8.41. The highest BCUT2D eigenvalue weighted by molar-refractivity contribution is 4.84. The summed E-state index contributed by atoms with van der Waals surface area (Å²) in [5.74, 6) is 0. The fourth-order valence-electron chi connectivity index (χ4n) is 6.41. The van der Waals surface area contributed by atoms with Crippen LogP contribution in [0.4, 0.5) is 0 Å². The first-order valence-electron chi connectivity index (χ1n) is 20.0. The third-order valence-corrected chi connectivity index (χ3v) is 9.37. The lowest BCUT2D eigenvalue weighted by Gasteiger charge is -2.20. The quantitative estimate of drug-likeness (QED) is 0.0529. The van der Waals surface area contributed by atoms with Gasteiger partial charge < -0.3 is 14.4 Å². The molecule has 1 aliphatic rings. The molecule has 0 radical (unpaired) electrons. The van der Waals surface area contributed by atoms with Crippen molar-refractivity contribution in [2.45, 2.75) is 206 Å². The Hall–Kier alpha value is -0.640. The van der Waals surface area contributed by atoms with Gasteiger partial charge in [-0.15, -0.1) is 0 Å². The number of allylic oxidation sites excluding steroid dienone is 4. The maximum absolute atomic E-state index is 6.31. The molecule has 1 heterocycles. The molecule has 0 spiro atoms. The molecule has 0 aromatic carbocycles.